The van der Waals surface area contributed by atoms with Crippen LogP contribution in [-0.2, 0) is 12.6 Å². The van der Waals surface area contributed by atoms with Gasteiger partial charge in [0.25, 0.3) is 0 Å². The minimum atomic E-state index is -4.44. The van der Waals surface area contributed by atoms with Gasteiger partial charge in [-0.2, -0.15) is 13.2 Å². The van der Waals surface area contributed by atoms with Gasteiger partial charge in [-0.1, -0.05) is 12.1 Å². The van der Waals surface area contributed by atoms with Crippen LogP contribution >= 0.6 is 0 Å². The number of pyridine rings is 1. The number of hydrogen-bond donors (Lipinski definition) is 1. The molecule has 0 saturated heterocycles. The molecule has 1 aromatic carbocycles. The van der Waals surface area contributed by atoms with Crippen molar-refractivity contribution in [2.24, 2.45) is 0 Å². The first-order valence-electron chi connectivity index (χ1n) is 7.34. The fourth-order valence-electron chi connectivity index (χ4n) is 2.82. The van der Waals surface area contributed by atoms with Gasteiger partial charge < -0.3 is 5.11 Å². The zero-order chi connectivity index (χ0) is 16.6. The molecule has 0 fully saturated rings. The summed E-state index contributed by atoms with van der Waals surface area (Å²) in [6, 6.07) is 5.55. The number of aryl methyl sites for hydroxylation is 1. The van der Waals surface area contributed by atoms with Gasteiger partial charge >= 0.3 is 6.18 Å². The van der Waals surface area contributed by atoms with E-state index >= 15 is 0 Å². The first-order chi connectivity index (χ1) is 10.9. The maximum atomic E-state index is 14.6. The van der Waals surface area contributed by atoms with E-state index in [0.717, 1.165) is 42.8 Å². The van der Waals surface area contributed by atoms with Crippen molar-refractivity contribution in [1.29, 1.82) is 0 Å². The normalized spacial score (nSPS) is 19.3. The Morgan fingerprint density at radius 2 is 1.83 bits per heavy atom. The van der Waals surface area contributed by atoms with Crippen molar-refractivity contribution >= 4 is 0 Å². The summed E-state index contributed by atoms with van der Waals surface area (Å²) in [5.41, 5.74) is 0.928. The third-order valence-electron chi connectivity index (χ3n) is 4.10. The van der Waals surface area contributed by atoms with Crippen LogP contribution < -0.4 is 0 Å². The molecule has 2 atom stereocenters. The monoisotopic (exact) mass is 325 g/mol. The van der Waals surface area contributed by atoms with Crippen LogP contribution in [0.2, 0.25) is 0 Å². The van der Waals surface area contributed by atoms with Crippen molar-refractivity contribution in [2.75, 3.05) is 0 Å². The quantitative estimate of drug-likeness (QED) is 0.823. The van der Waals surface area contributed by atoms with E-state index in [4.69, 9.17) is 0 Å². The molecule has 3 rings (SSSR count). The predicted molar refractivity (Wildman–Crippen MR) is 76.5 cm³/mol. The van der Waals surface area contributed by atoms with E-state index in [-0.39, 0.29) is 11.1 Å². The highest BCUT2D eigenvalue weighted by atomic mass is 19.4. The van der Waals surface area contributed by atoms with Crippen molar-refractivity contribution in [2.45, 2.75) is 37.7 Å². The van der Waals surface area contributed by atoms with E-state index < -0.39 is 24.0 Å². The van der Waals surface area contributed by atoms with Gasteiger partial charge in [-0.05, 0) is 43.0 Å². The molecule has 23 heavy (non-hydrogen) atoms. The van der Waals surface area contributed by atoms with E-state index in [2.05, 4.69) is 4.98 Å². The minimum Gasteiger partial charge on any atom is -0.388 e. The molecule has 1 N–H and O–H groups in total. The van der Waals surface area contributed by atoms with Crippen molar-refractivity contribution in [3.63, 3.8) is 0 Å². The summed E-state index contributed by atoms with van der Waals surface area (Å²) in [6.07, 6.45) is -3.12. The van der Waals surface area contributed by atoms with Gasteiger partial charge in [0.1, 0.15) is 0 Å². The van der Waals surface area contributed by atoms with Crippen LogP contribution in [0.25, 0.3) is 0 Å². The summed E-state index contributed by atoms with van der Waals surface area (Å²) in [5, 5.41) is 9.98. The van der Waals surface area contributed by atoms with Crippen LogP contribution in [-0.4, -0.2) is 10.1 Å². The van der Waals surface area contributed by atoms with Crippen molar-refractivity contribution in [3.8, 4) is 0 Å². The van der Waals surface area contributed by atoms with Crippen LogP contribution in [0.5, 0.6) is 0 Å². The van der Waals surface area contributed by atoms with E-state index in [1.807, 2.05) is 0 Å². The lowest BCUT2D eigenvalue weighted by Gasteiger charge is -2.21. The number of aliphatic hydroxyl groups excluding tert-OH is 1. The third-order valence-corrected chi connectivity index (χ3v) is 4.10. The lowest BCUT2D eigenvalue weighted by atomic mass is 9.91. The van der Waals surface area contributed by atoms with Gasteiger partial charge in [-0.25, -0.2) is 4.39 Å². The number of alkyl halides is 4. The van der Waals surface area contributed by atoms with Gasteiger partial charge in [0.15, 0.2) is 6.17 Å². The molecule has 0 spiro atoms. The highest BCUT2D eigenvalue weighted by Gasteiger charge is 2.30. The summed E-state index contributed by atoms with van der Waals surface area (Å²) >= 11 is 0. The Morgan fingerprint density at radius 3 is 2.48 bits per heavy atom. The number of halogens is 4. The molecular weight excluding hydrogens is 310 g/mol. The second kappa shape index (κ2) is 5.92. The smallest absolute Gasteiger partial charge is 0.388 e. The van der Waals surface area contributed by atoms with Gasteiger partial charge in [-0.3, -0.25) is 4.98 Å². The Hall–Kier alpha value is -1.95. The van der Waals surface area contributed by atoms with Crippen LogP contribution in [0.1, 0.15) is 53.1 Å². The minimum absolute atomic E-state index is 0.130. The van der Waals surface area contributed by atoms with Crippen LogP contribution in [0.3, 0.4) is 0 Å². The number of nitrogens with zero attached hydrogens (tertiary/aromatic N) is 1. The molecular formula is C17H15F4NO. The molecule has 6 heteroatoms. The van der Waals surface area contributed by atoms with E-state index in [9.17, 15) is 22.7 Å². The molecule has 0 saturated carbocycles. The fourth-order valence-corrected chi connectivity index (χ4v) is 2.82. The number of rotatable bonds is 2. The summed E-state index contributed by atoms with van der Waals surface area (Å²) in [6.45, 7) is 0. The molecule has 1 heterocycles. The van der Waals surface area contributed by atoms with Gasteiger partial charge in [-0.15, -0.1) is 0 Å². The average molecular weight is 325 g/mol. The molecule has 0 radical (unpaired) electrons. The first kappa shape index (κ1) is 15.9. The lowest BCUT2D eigenvalue weighted by molar-refractivity contribution is -0.137. The maximum absolute atomic E-state index is 14.6. The molecule has 0 bridgehead atoms. The molecule has 1 aliphatic carbocycles. The first-order valence-corrected chi connectivity index (χ1v) is 7.34. The van der Waals surface area contributed by atoms with Crippen molar-refractivity contribution < 1.29 is 22.7 Å². The van der Waals surface area contributed by atoms with Crippen LogP contribution in [0.15, 0.2) is 36.5 Å². The standard InChI is InChI=1S/C17H15F4NO/c18-16(10-4-6-12(7-5-10)17(19,20)21)11-8-13-14(22-9-11)2-1-3-15(13)23/h4-9,15-16,23H,1-3H2/t15-,16-/m0/s1. The number of hydrogen-bond acceptors (Lipinski definition) is 2. The molecule has 0 aliphatic heterocycles. The van der Waals surface area contributed by atoms with Crippen LogP contribution in [0, 0.1) is 0 Å². The van der Waals surface area contributed by atoms with Gasteiger partial charge in [0.05, 0.1) is 11.7 Å². The molecule has 2 nitrogen and oxygen atoms in total. The summed E-state index contributed by atoms with van der Waals surface area (Å²) < 4.78 is 52.2. The topological polar surface area (TPSA) is 33.1 Å². The Kier molecular flexibility index (Phi) is 4.10. The van der Waals surface area contributed by atoms with Crippen molar-refractivity contribution in [3.05, 3.63) is 64.5 Å². The zero-order valence-corrected chi connectivity index (χ0v) is 12.1. The number of aromatic nitrogens is 1. The summed E-state index contributed by atoms with van der Waals surface area (Å²) in [7, 11) is 0. The molecule has 2 aromatic rings. The zero-order valence-electron chi connectivity index (χ0n) is 12.1. The van der Waals surface area contributed by atoms with Gasteiger partial charge in [0, 0.05) is 23.0 Å². The number of aliphatic hydroxyl groups is 1. The summed E-state index contributed by atoms with van der Waals surface area (Å²) in [4.78, 5) is 4.19. The Labute approximate surface area is 130 Å². The number of fused-ring (bicyclic) bond motifs is 1. The van der Waals surface area contributed by atoms with E-state index in [0.29, 0.717) is 12.0 Å². The third kappa shape index (κ3) is 3.22. The second-order valence-corrected chi connectivity index (χ2v) is 5.69. The Balaban J connectivity index is 1.88. The van der Waals surface area contributed by atoms with Crippen molar-refractivity contribution in [1.82, 2.24) is 4.98 Å². The maximum Gasteiger partial charge on any atom is 0.416 e. The lowest BCUT2D eigenvalue weighted by Crippen LogP contribution is -2.12. The largest absolute Gasteiger partial charge is 0.416 e. The molecule has 0 amide bonds. The average Bonchev–Trinajstić information content (AvgIpc) is 2.54. The predicted octanol–water partition coefficient (Wildman–Crippen LogP) is 4.53. The Morgan fingerprint density at radius 1 is 1.13 bits per heavy atom. The van der Waals surface area contributed by atoms with E-state index in [1.54, 1.807) is 6.07 Å². The molecule has 0 unspecified atom stereocenters. The fraction of sp³-hybridized carbons (Fsp3) is 0.353. The van der Waals surface area contributed by atoms with Gasteiger partial charge in [0.2, 0.25) is 0 Å². The highest BCUT2D eigenvalue weighted by Crippen LogP contribution is 2.34. The molecule has 1 aliphatic rings. The SMILES string of the molecule is O[C@H]1CCCc2ncc([C@@H](F)c3ccc(C(F)(F)F)cc3)cc21. The van der Waals surface area contributed by atoms with Crippen LogP contribution in [0.4, 0.5) is 17.6 Å². The summed E-state index contributed by atoms with van der Waals surface area (Å²) in [5.74, 6) is 0. The Bertz CT molecular complexity index is 697. The highest BCUT2D eigenvalue weighted by molar-refractivity contribution is 5.36. The molecule has 1 aromatic heterocycles. The second-order valence-electron chi connectivity index (χ2n) is 5.69. The number of benzene rings is 1. The molecule has 122 valence electrons. The van der Waals surface area contributed by atoms with E-state index in [1.165, 1.54) is 6.20 Å².